The summed E-state index contributed by atoms with van der Waals surface area (Å²) in [6.07, 6.45) is 0. The van der Waals surface area contributed by atoms with E-state index in [2.05, 4.69) is 0 Å². The maximum absolute atomic E-state index is 11.7. The topological polar surface area (TPSA) is 108 Å². The van der Waals surface area contributed by atoms with E-state index in [1.165, 1.54) is 23.9 Å². The number of sulfone groups is 1. The third kappa shape index (κ3) is 5.30. The normalized spacial score (nSPS) is 10.4. The summed E-state index contributed by atoms with van der Waals surface area (Å²) in [6.45, 7) is 0. The van der Waals surface area contributed by atoms with E-state index in [-0.39, 0.29) is 4.90 Å². The summed E-state index contributed by atoms with van der Waals surface area (Å²) in [5, 5.41) is 10.4. The first-order chi connectivity index (χ1) is 10.5. The summed E-state index contributed by atoms with van der Waals surface area (Å²) in [7, 11) is -3.82. The quantitative estimate of drug-likeness (QED) is 0.810. The number of hydrogen-bond donors (Lipinski definition) is 0. The van der Waals surface area contributed by atoms with Crippen molar-refractivity contribution < 1.29 is 18.3 Å². The van der Waals surface area contributed by atoms with Crippen LogP contribution < -0.4 is 5.11 Å². The minimum absolute atomic E-state index is 0.0147. The van der Waals surface area contributed by atoms with Crippen molar-refractivity contribution >= 4 is 27.6 Å². The third-order valence-electron chi connectivity index (χ3n) is 2.47. The number of aliphatic carboxylic acids is 1. The molecule has 0 spiro atoms. The molecule has 0 aliphatic carbocycles. The van der Waals surface area contributed by atoms with Gasteiger partial charge in [-0.05, 0) is 36.4 Å². The van der Waals surface area contributed by atoms with Gasteiger partial charge in [0, 0.05) is 19.7 Å². The predicted octanol–water partition coefficient (Wildman–Crippen LogP) is 1.43. The first-order valence-electron chi connectivity index (χ1n) is 5.89. The minimum Gasteiger partial charge on any atom is -0.549 e. The van der Waals surface area contributed by atoms with Crippen LogP contribution in [-0.4, -0.2) is 20.1 Å². The minimum atomic E-state index is -3.82. The molecule has 0 bridgehead atoms. The third-order valence-corrected chi connectivity index (χ3v) is 5.09. The lowest BCUT2D eigenvalue weighted by atomic mass is 10.4. The molecule has 6 nitrogen and oxygen atoms in total. The Bertz CT molecular complexity index is 711. The van der Waals surface area contributed by atoms with Crippen LogP contribution in [0.4, 0.5) is 0 Å². The molecule has 0 amide bonds. The van der Waals surface area contributed by atoms with Gasteiger partial charge in [-0.15, -0.1) is 0 Å². The van der Waals surface area contributed by atoms with E-state index in [0.29, 0.717) is 0 Å². The molecule has 2 aromatic rings. The molecular formula is C14H11O6S2-. The Labute approximate surface area is 131 Å². The fourth-order valence-corrected chi connectivity index (χ4v) is 3.44. The van der Waals surface area contributed by atoms with Gasteiger partial charge in [-0.2, -0.15) is 0 Å². The zero-order chi connectivity index (χ0) is 16.6. The monoisotopic (exact) mass is 339 g/mol. The van der Waals surface area contributed by atoms with Gasteiger partial charge in [0.25, 0.3) is 0 Å². The second-order valence-electron chi connectivity index (χ2n) is 4.02. The largest absolute Gasteiger partial charge is 0.549 e. The van der Waals surface area contributed by atoms with Gasteiger partial charge in [0.2, 0.25) is 0 Å². The van der Waals surface area contributed by atoms with Crippen LogP contribution in [0.1, 0.15) is 0 Å². The zero-order valence-corrected chi connectivity index (χ0v) is 12.8. The smallest absolute Gasteiger partial charge is 0.183 e. The van der Waals surface area contributed by atoms with Gasteiger partial charge in [0.15, 0.2) is 9.84 Å². The fraction of sp³-hybridized carbons (Fsp3) is 0.0714. The Kier molecular flexibility index (Phi) is 6.74. The molecular weight excluding hydrogens is 328 g/mol. The highest BCUT2D eigenvalue weighted by Gasteiger charge is 2.14. The first kappa shape index (κ1) is 17.9. The second-order valence-corrected chi connectivity index (χ2v) is 7.15. The van der Waals surface area contributed by atoms with Gasteiger partial charge in [0.05, 0.1) is 16.6 Å². The van der Waals surface area contributed by atoms with Crippen LogP contribution >= 0.6 is 11.8 Å². The Balaban J connectivity index is 0.00000116. The molecule has 0 fully saturated rings. The summed E-state index contributed by atoms with van der Waals surface area (Å²) in [4.78, 5) is 26.3. The molecule has 2 rings (SSSR count). The molecule has 8 heteroatoms. The highest BCUT2D eigenvalue weighted by molar-refractivity contribution is 7.99. The van der Waals surface area contributed by atoms with Crippen molar-refractivity contribution in [2.75, 3.05) is 5.75 Å². The summed E-state index contributed by atoms with van der Waals surface area (Å²) in [5.41, 5.74) is 0. The molecule has 0 saturated carbocycles. The lowest BCUT2D eigenvalue weighted by molar-refractivity contribution is -0.301. The Morgan fingerprint density at radius 1 is 0.909 bits per heavy atom. The van der Waals surface area contributed by atoms with Crippen LogP contribution in [-0.2, 0) is 14.6 Å². The molecule has 2 aromatic carbocycles. The van der Waals surface area contributed by atoms with Gasteiger partial charge in [-0.25, -0.2) is 8.42 Å². The van der Waals surface area contributed by atoms with Gasteiger partial charge in [-0.3, -0.25) is 0 Å². The number of rotatable bonds is 5. The SMILES string of the molecule is O=C([O-])CS(=O)(=O)c1ccc(Sc2ccccc2)cc1.O=O. The van der Waals surface area contributed by atoms with E-state index < -0.39 is 21.6 Å². The Morgan fingerprint density at radius 2 is 1.41 bits per heavy atom. The van der Waals surface area contributed by atoms with E-state index >= 15 is 0 Å². The first-order valence-corrected chi connectivity index (χ1v) is 8.36. The lowest BCUT2D eigenvalue weighted by Crippen LogP contribution is -2.30. The van der Waals surface area contributed by atoms with Crippen LogP contribution in [0.3, 0.4) is 0 Å². The zero-order valence-electron chi connectivity index (χ0n) is 11.2. The van der Waals surface area contributed by atoms with Crippen molar-refractivity contribution in [2.45, 2.75) is 14.7 Å². The Morgan fingerprint density at radius 3 is 1.91 bits per heavy atom. The van der Waals surface area contributed by atoms with Crippen LogP contribution in [0.15, 0.2) is 69.3 Å². The van der Waals surface area contributed by atoms with Gasteiger partial charge in [-0.1, -0.05) is 30.0 Å². The van der Waals surface area contributed by atoms with Crippen LogP contribution in [0.5, 0.6) is 0 Å². The molecule has 0 atom stereocenters. The van der Waals surface area contributed by atoms with Crippen molar-refractivity contribution in [3.8, 4) is 0 Å². The van der Waals surface area contributed by atoms with E-state index in [4.69, 9.17) is 9.93 Å². The number of hydrogen-bond acceptors (Lipinski definition) is 7. The maximum atomic E-state index is 11.7. The van der Waals surface area contributed by atoms with Crippen molar-refractivity contribution in [1.82, 2.24) is 0 Å². The van der Waals surface area contributed by atoms with E-state index in [1.807, 2.05) is 30.3 Å². The molecule has 0 aliphatic rings. The number of carboxylic acids is 1. The number of carboxylic acid groups (broad SMARTS) is 1. The van der Waals surface area contributed by atoms with E-state index in [9.17, 15) is 18.3 Å². The molecule has 0 heterocycles. The van der Waals surface area contributed by atoms with Crippen molar-refractivity contribution in [3.63, 3.8) is 0 Å². The highest BCUT2D eigenvalue weighted by Crippen LogP contribution is 2.28. The standard InChI is InChI=1S/C14H12O4S2.O2/c15-14(16)10-20(17,18)13-8-6-12(7-9-13)19-11-4-2-1-3-5-11;1-2/h1-9H,10H2,(H,15,16);/p-1. The lowest BCUT2D eigenvalue weighted by Gasteiger charge is -2.06. The van der Waals surface area contributed by atoms with Crippen molar-refractivity contribution in [3.05, 3.63) is 64.5 Å². The number of benzene rings is 2. The molecule has 22 heavy (non-hydrogen) atoms. The van der Waals surface area contributed by atoms with Gasteiger partial charge < -0.3 is 9.90 Å². The summed E-state index contributed by atoms with van der Waals surface area (Å²) in [6, 6.07) is 15.8. The average molecular weight is 339 g/mol. The average Bonchev–Trinajstić information content (AvgIpc) is 2.50. The van der Waals surface area contributed by atoms with Gasteiger partial charge >= 0.3 is 0 Å². The highest BCUT2D eigenvalue weighted by atomic mass is 32.2. The summed E-state index contributed by atoms with van der Waals surface area (Å²) < 4.78 is 23.4. The summed E-state index contributed by atoms with van der Waals surface area (Å²) >= 11 is 1.50. The molecule has 0 aromatic heterocycles. The fourth-order valence-electron chi connectivity index (χ4n) is 1.58. The number of carbonyl (C=O) groups is 1. The van der Waals surface area contributed by atoms with Crippen molar-refractivity contribution in [2.24, 2.45) is 0 Å². The van der Waals surface area contributed by atoms with Crippen molar-refractivity contribution in [1.29, 1.82) is 0 Å². The molecule has 0 unspecified atom stereocenters. The second kappa shape index (κ2) is 8.30. The molecule has 116 valence electrons. The van der Waals surface area contributed by atoms with Gasteiger partial charge in [0.1, 0.15) is 0 Å². The van der Waals surface area contributed by atoms with E-state index in [1.54, 1.807) is 12.1 Å². The van der Waals surface area contributed by atoms with Crippen LogP contribution in [0.2, 0.25) is 0 Å². The maximum Gasteiger partial charge on any atom is 0.183 e. The van der Waals surface area contributed by atoms with Crippen LogP contribution in [0, 0.1) is 9.93 Å². The molecule has 0 radical (unpaired) electrons. The van der Waals surface area contributed by atoms with E-state index in [0.717, 1.165) is 9.79 Å². The van der Waals surface area contributed by atoms with Crippen LogP contribution in [0.25, 0.3) is 0 Å². The molecule has 0 saturated heterocycles. The molecule has 0 aliphatic heterocycles. The molecule has 0 N–H and O–H groups in total. The number of carbonyl (C=O) groups excluding carboxylic acids is 1. The predicted molar refractivity (Wildman–Crippen MR) is 80.8 cm³/mol. The Hall–Kier alpha value is -2.19. The summed E-state index contributed by atoms with van der Waals surface area (Å²) in [5.74, 6) is -2.61.